The second kappa shape index (κ2) is 4.63. The molecular formula is C20H18O. The second-order valence-electron chi connectivity index (χ2n) is 6.03. The predicted octanol–water partition coefficient (Wildman–Crippen LogP) is 4.96. The van der Waals surface area contributed by atoms with Crippen LogP contribution >= 0.6 is 0 Å². The van der Waals surface area contributed by atoms with Gasteiger partial charge in [-0.15, -0.1) is 0 Å². The maximum absolute atomic E-state index is 10.2. The molecule has 0 saturated heterocycles. The number of aromatic hydroxyl groups is 1. The van der Waals surface area contributed by atoms with E-state index in [1.165, 1.54) is 23.1 Å². The Morgan fingerprint density at radius 3 is 2.48 bits per heavy atom. The Morgan fingerprint density at radius 1 is 0.952 bits per heavy atom. The van der Waals surface area contributed by atoms with Crippen LogP contribution in [0, 0.1) is 18.8 Å². The highest BCUT2D eigenvalue weighted by Crippen LogP contribution is 2.47. The molecule has 2 aliphatic rings. The summed E-state index contributed by atoms with van der Waals surface area (Å²) in [6.45, 7) is 2.16. The molecule has 21 heavy (non-hydrogen) atoms. The fourth-order valence-corrected chi connectivity index (χ4v) is 3.68. The number of phenols is 1. The van der Waals surface area contributed by atoms with Gasteiger partial charge in [-0.05, 0) is 47.6 Å². The molecule has 0 fully saturated rings. The van der Waals surface area contributed by atoms with Gasteiger partial charge in [-0.2, -0.15) is 0 Å². The summed E-state index contributed by atoms with van der Waals surface area (Å²) < 4.78 is 0. The Balaban J connectivity index is 1.92. The molecule has 2 bridgehead atoms. The van der Waals surface area contributed by atoms with Gasteiger partial charge in [0, 0.05) is 11.5 Å². The van der Waals surface area contributed by atoms with Gasteiger partial charge in [-0.1, -0.05) is 54.6 Å². The fraction of sp³-hybridized carbons (Fsp3) is 0.200. The van der Waals surface area contributed by atoms with E-state index in [2.05, 4.69) is 43.4 Å². The molecule has 0 aromatic heterocycles. The van der Waals surface area contributed by atoms with Crippen molar-refractivity contribution in [2.24, 2.45) is 11.8 Å². The molecule has 104 valence electrons. The predicted molar refractivity (Wildman–Crippen MR) is 87.0 cm³/mol. The molecule has 2 unspecified atom stereocenters. The zero-order valence-electron chi connectivity index (χ0n) is 12.1. The summed E-state index contributed by atoms with van der Waals surface area (Å²) in [4.78, 5) is 0. The van der Waals surface area contributed by atoms with E-state index in [4.69, 9.17) is 0 Å². The smallest absolute Gasteiger partial charge is 0.123 e. The highest BCUT2D eigenvalue weighted by molar-refractivity contribution is 5.88. The molecule has 0 amide bonds. The topological polar surface area (TPSA) is 20.2 Å². The van der Waals surface area contributed by atoms with Crippen LogP contribution in [0.25, 0.3) is 16.7 Å². The molecule has 4 rings (SSSR count). The van der Waals surface area contributed by atoms with Crippen molar-refractivity contribution in [3.05, 3.63) is 71.8 Å². The molecule has 0 aliphatic heterocycles. The van der Waals surface area contributed by atoms with E-state index in [-0.39, 0.29) is 0 Å². The molecule has 0 radical (unpaired) electrons. The third-order valence-corrected chi connectivity index (χ3v) is 4.67. The number of benzene rings is 2. The Labute approximate surface area is 125 Å². The quantitative estimate of drug-likeness (QED) is 0.768. The van der Waals surface area contributed by atoms with Crippen molar-refractivity contribution in [3.63, 3.8) is 0 Å². The molecule has 0 saturated carbocycles. The van der Waals surface area contributed by atoms with Gasteiger partial charge in [-0.25, -0.2) is 0 Å². The molecule has 2 aliphatic carbocycles. The first-order valence-corrected chi connectivity index (χ1v) is 7.52. The number of hydrogen-bond donors (Lipinski definition) is 1. The van der Waals surface area contributed by atoms with E-state index in [9.17, 15) is 5.11 Å². The van der Waals surface area contributed by atoms with Gasteiger partial charge in [-0.3, -0.25) is 0 Å². The summed E-state index contributed by atoms with van der Waals surface area (Å²) >= 11 is 0. The van der Waals surface area contributed by atoms with Gasteiger partial charge in [0.2, 0.25) is 0 Å². The Bertz CT molecular complexity index is 767. The molecule has 2 atom stereocenters. The van der Waals surface area contributed by atoms with Gasteiger partial charge in [0.1, 0.15) is 5.75 Å². The summed E-state index contributed by atoms with van der Waals surface area (Å²) in [6, 6.07) is 14.0. The maximum Gasteiger partial charge on any atom is 0.123 e. The highest BCUT2D eigenvalue weighted by Gasteiger charge is 2.30. The number of hydrogen-bond acceptors (Lipinski definition) is 1. The lowest BCUT2D eigenvalue weighted by Gasteiger charge is -2.18. The number of allylic oxidation sites excluding steroid dienone is 4. The van der Waals surface area contributed by atoms with Gasteiger partial charge in [0.05, 0.1) is 0 Å². The van der Waals surface area contributed by atoms with Gasteiger partial charge < -0.3 is 5.11 Å². The Morgan fingerprint density at radius 2 is 1.76 bits per heavy atom. The number of para-hydroxylation sites is 1. The molecule has 2 aromatic carbocycles. The maximum atomic E-state index is 10.2. The van der Waals surface area contributed by atoms with E-state index in [1.54, 1.807) is 6.07 Å². The minimum atomic E-state index is 0.351. The van der Waals surface area contributed by atoms with Crippen molar-refractivity contribution in [2.45, 2.75) is 13.3 Å². The fourth-order valence-electron chi connectivity index (χ4n) is 3.68. The minimum Gasteiger partial charge on any atom is -0.507 e. The van der Waals surface area contributed by atoms with Crippen molar-refractivity contribution in [1.82, 2.24) is 0 Å². The summed E-state index contributed by atoms with van der Waals surface area (Å²) in [5.41, 5.74) is 6.07. The van der Waals surface area contributed by atoms with Gasteiger partial charge in [0.15, 0.2) is 0 Å². The van der Waals surface area contributed by atoms with Crippen LogP contribution < -0.4 is 0 Å². The van der Waals surface area contributed by atoms with E-state index >= 15 is 0 Å². The van der Waals surface area contributed by atoms with Crippen LogP contribution in [0.15, 0.2) is 60.7 Å². The monoisotopic (exact) mass is 274 g/mol. The third-order valence-electron chi connectivity index (χ3n) is 4.67. The molecule has 1 heteroatoms. The first kappa shape index (κ1) is 12.5. The molecule has 0 spiro atoms. The third kappa shape index (κ3) is 1.92. The summed E-state index contributed by atoms with van der Waals surface area (Å²) in [5.74, 6) is 1.49. The lowest BCUT2D eigenvalue weighted by Crippen LogP contribution is -1.99. The standard InChI is InChI=1S/C20H18O/c1-13-5-4-7-17(16-6-2-3-8-19(16)21)20(13)18-12-14-9-10-15(18)11-14/h2-10,12,14-15,21H,11H2,1H3. The van der Waals surface area contributed by atoms with E-state index in [0.29, 0.717) is 17.6 Å². The lowest BCUT2D eigenvalue weighted by atomic mass is 9.86. The van der Waals surface area contributed by atoms with Crippen molar-refractivity contribution < 1.29 is 5.11 Å². The SMILES string of the molecule is Cc1cccc(-c2ccccc2O)c1C1=CC2C=CC1C2. The van der Waals surface area contributed by atoms with Crippen LogP contribution in [0.4, 0.5) is 0 Å². The van der Waals surface area contributed by atoms with Crippen LogP contribution in [-0.4, -0.2) is 5.11 Å². The van der Waals surface area contributed by atoms with Gasteiger partial charge in [0.25, 0.3) is 0 Å². The van der Waals surface area contributed by atoms with Crippen LogP contribution in [0.2, 0.25) is 0 Å². The van der Waals surface area contributed by atoms with Crippen molar-refractivity contribution >= 4 is 5.57 Å². The second-order valence-corrected chi connectivity index (χ2v) is 6.03. The summed E-state index contributed by atoms with van der Waals surface area (Å²) in [7, 11) is 0. The normalized spacial score (nSPS) is 22.6. The number of fused-ring (bicyclic) bond motifs is 2. The minimum absolute atomic E-state index is 0.351. The van der Waals surface area contributed by atoms with E-state index in [1.807, 2.05) is 18.2 Å². The van der Waals surface area contributed by atoms with E-state index in [0.717, 1.165) is 11.1 Å². The molecule has 0 heterocycles. The van der Waals surface area contributed by atoms with Crippen LogP contribution in [0.1, 0.15) is 17.5 Å². The molecule has 1 N–H and O–H groups in total. The van der Waals surface area contributed by atoms with E-state index < -0.39 is 0 Å². The first-order chi connectivity index (χ1) is 10.2. The number of phenolic OH excluding ortho intramolecular Hbond substituents is 1. The van der Waals surface area contributed by atoms with Crippen LogP contribution in [-0.2, 0) is 0 Å². The molecular weight excluding hydrogens is 256 g/mol. The zero-order valence-corrected chi connectivity index (χ0v) is 12.1. The average molecular weight is 274 g/mol. The lowest BCUT2D eigenvalue weighted by molar-refractivity contribution is 0.477. The van der Waals surface area contributed by atoms with Crippen LogP contribution in [0.5, 0.6) is 5.75 Å². The highest BCUT2D eigenvalue weighted by atomic mass is 16.3. The molecule has 2 aromatic rings. The Kier molecular flexibility index (Phi) is 2.75. The van der Waals surface area contributed by atoms with Crippen molar-refractivity contribution in [1.29, 1.82) is 0 Å². The summed E-state index contributed by atoms with van der Waals surface area (Å²) in [5, 5.41) is 10.2. The van der Waals surface area contributed by atoms with Crippen molar-refractivity contribution in [3.8, 4) is 16.9 Å². The number of rotatable bonds is 2. The Hall–Kier alpha value is -2.28. The number of aryl methyl sites for hydroxylation is 1. The first-order valence-electron chi connectivity index (χ1n) is 7.52. The summed E-state index contributed by atoms with van der Waals surface area (Å²) in [6.07, 6.45) is 8.26. The largest absolute Gasteiger partial charge is 0.507 e. The van der Waals surface area contributed by atoms with Gasteiger partial charge >= 0.3 is 0 Å². The van der Waals surface area contributed by atoms with Crippen molar-refractivity contribution in [2.75, 3.05) is 0 Å². The molecule has 1 nitrogen and oxygen atoms in total. The van der Waals surface area contributed by atoms with Crippen LogP contribution in [0.3, 0.4) is 0 Å². The zero-order chi connectivity index (χ0) is 14.4. The average Bonchev–Trinajstić information content (AvgIpc) is 3.10.